The van der Waals surface area contributed by atoms with Gasteiger partial charge in [-0.25, -0.2) is 0 Å². The van der Waals surface area contributed by atoms with Gasteiger partial charge in [-0.2, -0.15) is 5.06 Å². The van der Waals surface area contributed by atoms with Crippen molar-refractivity contribution in [3.8, 4) is 11.1 Å². The maximum absolute atomic E-state index is 13.4. The molecule has 5 nitrogen and oxygen atoms in total. The molecule has 2 aromatic carbocycles. The molecule has 30 heavy (non-hydrogen) atoms. The predicted molar refractivity (Wildman–Crippen MR) is 117 cm³/mol. The first-order chi connectivity index (χ1) is 14.5. The van der Waals surface area contributed by atoms with Crippen LogP contribution in [0.3, 0.4) is 0 Å². The average Bonchev–Trinajstić information content (AvgIpc) is 3.25. The van der Waals surface area contributed by atoms with Gasteiger partial charge in [0.1, 0.15) is 0 Å². The molecule has 5 heteroatoms. The summed E-state index contributed by atoms with van der Waals surface area (Å²) in [6.45, 7) is 4.94. The zero-order chi connectivity index (χ0) is 20.6. The smallest absolute Gasteiger partial charge is 0.230 e. The molecule has 1 aromatic heterocycles. The van der Waals surface area contributed by atoms with Gasteiger partial charge in [-0.05, 0) is 49.4 Å². The zero-order valence-electron chi connectivity index (χ0n) is 17.7. The van der Waals surface area contributed by atoms with E-state index in [1.54, 1.807) is 0 Å². The number of hydroxylamine groups is 2. The Kier molecular flexibility index (Phi) is 3.89. The highest BCUT2D eigenvalue weighted by Crippen LogP contribution is 2.47. The summed E-state index contributed by atoms with van der Waals surface area (Å²) < 4.78 is 0. The van der Waals surface area contributed by atoms with Crippen molar-refractivity contribution in [2.45, 2.75) is 44.9 Å². The first-order valence-corrected chi connectivity index (χ1v) is 10.9. The van der Waals surface area contributed by atoms with Crippen molar-refractivity contribution in [1.29, 1.82) is 0 Å². The summed E-state index contributed by atoms with van der Waals surface area (Å²) in [5.74, 6) is 0.191. The summed E-state index contributed by atoms with van der Waals surface area (Å²) in [6.07, 6.45) is 1.75. The van der Waals surface area contributed by atoms with Crippen LogP contribution in [0.5, 0.6) is 0 Å². The topological polar surface area (TPSA) is 48.6 Å². The van der Waals surface area contributed by atoms with Crippen LogP contribution in [0.4, 0.5) is 0 Å². The van der Waals surface area contributed by atoms with E-state index in [2.05, 4.69) is 59.3 Å². The minimum atomic E-state index is -0.0555. The third kappa shape index (κ3) is 2.45. The molecule has 0 aliphatic carbocycles. The summed E-state index contributed by atoms with van der Waals surface area (Å²) >= 11 is 0. The molecule has 1 amide bonds. The minimum Gasteiger partial charge on any atom is -0.356 e. The second-order valence-electron chi connectivity index (χ2n) is 9.10. The molecule has 4 atom stereocenters. The molecule has 4 heterocycles. The van der Waals surface area contributed by atoms with Gasteiger partial charge in [0.05, 0.1) is 24.1 Å². The van der Waals surface area contributed by atoms with E-state index in [9.17, 15) is 4.79 Å². The number of rotatable bonds is 1. The summed E-state index contributed by atoms with van der Waals surface area (Å²) in [5, 5.41) is 3.23. The highest BCUT2D eigenvalue weighted by atomic mass is 16.7. The SMILES string of the molecule is Cc1cccc(-c2cccc3[nH]c4c(c23)CCN2C(=O)[C@H]3[C@H](C)ON(C)[C@H]3C[C@@H]42)c1. The number of hydrogen-bond acceptors (Lipinski definition) is 3. The number of fused-ring (bicyclic) bond motifs is 6. The number of hydrogen-bond donors (Lipinski definition) is 1. The number of benzene rings is 2. The first kappa shape index (κ1) is 18.2. The Morgan fingerprint density at radius 3 is 2.83 bits per heavy atom. The zero-order valence-corrected chi connectivity index (χ0v) is 17.7. The predicted octanol–water partition coefficient (Wildman–Crippen LogP) is 4.22. The molecule has 0 bridgehead atoms. The second-order valence-corrected chi connectivity index (χ2v) is 9.10. The number of nitrogens with zero attached hydrogens (tertiary/aromatic N) is 2. The third-order valence-electron chi connectivity index (χ3n) is 7.35. The first-order valence-electron chi connectivity index (χ1n) is 10.9. The van der Waals surface area contributed by atoms with Gasteiger partial charge < -0.3 is 9.88 Å². The van der Waals surface area contributed by atoms with Crippen LogP contribution in [-0.4, -0.2) is 46.6 Å². The Morgan fingerprint density at radius 1 is 1.17 bits per heavy atom. The Hall–Kier alpha value is -2.63. The van der Waals surface area contributed by atoms with Crippen molar-refractivity contribution >= 4 is 16.8 Å². The quantitative estimate of drug-likeness (QED) is 0.664. The van der Waals surface area contributed by atoms with Crippen molar-refractivity contribution in [1.82, 2.24) is 14.9 Å². The average molecular weight is 402 g/mol. The molecule has 3 aliphatic heterocycles. The standard InChI is InChI=1S/C25H27N3O2/c1-14-6-4-7-16(12-14)17-8-5-9-19-23(17)18-10-11-28-21(24(18)26-19)13-20-22(25(28)29)15(2)30-27(20)3/h4-9,12,15,20-22,26H,10-11,13H2,1-3H3/t15-,20-,21-,22-/m0/s1. The van der Waals surface area contributed by atoms with Gasteiger partial charge in [-0.15, -0.1) is 0 Å². The van der Waals surface area contributed by atoms with Gasteiger partial charge >= 0.3 is 0 Å². The number of carbonyl (C=O) groups is 1. The fraction of sp³-hybridized carbons (Fsp3) is 0.400. The maximum atomic E-state index is 13.4. The minimum absolute atomic E-state index is 0.0505. The van der Waals surface area contributed by atoms with Crippen LogP contribution >= 0.6 is 0 Å². The van der Waals surface area contributed by atoms with Crippen molar-refractivity contribution in [3.05, 3.63) is 59.3 Å². The lowest BCUT2D eigenvalue weighted by molar-refractivity contribution is -0.146. The van der Waals surface area contributed by atoms with E-state index in [1.807, 2.05) is 19.0 Å². The van der Waals surface area contributed by atoms with Gasteiger partial charge in [-0.1, -0.05) is 42.0 Å². The van der Waals surface area contributed by atoms with Crippen molar-refractivity contribution < 1.29 is 9.63 Å². The number of aromatic amines is 1. The van der Waals surface area contributed by atoms with E-state index in [-0.39, 0.29) is 30.0 Å². The van der Waals surface area contributed by atoms with Crippen LogP contribution in [0, 0.1) is 12.8 Å². The molecule has 3 aromatic rings. The van der Waals surface area contributed by atoms with Crippen molar-refractivity contribution in [3.63, 3.8) is 0 Å². The van der Waals surface area contributed by atoms with Crippen molar-refractivity contribution in [2.24, 2.45) is 5.92 Å². The molecular formula is C25H27N3O2. The molecule has 3 aliphatic rings. The van der Waals surface area contributed by atoms with Crippen LogP contribution < -0.4 is 0 Å². The van der Waals surface area contributed by atoms with Gasteiger partial charge in [0.15, 0.2) is 0 Å². The van der Waals surface area contributed by atoms with Gasteiger partial charge in [0.25, 0.3) is 0 Å². The number of carbonyl (C=O) groups excluding carboxylic acids is 1. The number of H-pyrrole nitrogens is 1. The Bertz CT molecular complexity index is 1170. The largest absolute Gasteiger partial charge is 0.356 e. The number of piperidine rings is 1. The van der Waals surface area contributed by atoms with E-state index in [0.29, 0.717) is 0 Å². The summed E-state index contributed by atoms with van der Waals surface area (Å²) in [6, 6.07) is 15.5. The molecular weight excluding hydrogens is 374 g/mol. The molecule has 2 fully saturated rings. The second kappa shape index (κ2) is 6.43. The highest BCUT2D eigenvalue weighted by Gasteiger charge is 2.53. The fourth-order valence-corrected chi connectivity index (χ4v) is 6.01. The molecule has 6 rings (SSSR count). The van der Waals surface area contributed by atoms with Crippen LogP contribution in [0.25, 0.3) is 22.0 Å². The Morgan fingerprint density at radius 2 is 2.00 bits per heavy atom. The molecule has 1 N–H and O–H groups in total. The summed E-state index contributed by atoms with van der Waals surface area (Å²) in [7, 11) is 1.97. The van der Waals surface area contributed by atoms with Crippen LogP contribution in [0.15, 0.2) is 42.5 Å². The molecule has 0 saturated carbocycles. The number of aryl methyl sites for hydroxylation is 1. The lowest BCUT2D eigenvalue weighted by atomic mass is 9.80. The molecule has 0 spiro atoms. The van der Waals surface area contributed by atoms with E-state index >= 15 is 0 Å². The molecule has 0 radical (unpaired) electrons. The lowest BCUT2D eigenvalue weighted by Gasteiger charge is -2.44. The fourth-order valence-electron chi connectivity index (χ4n) is 6.01. The number of amides is 1. The highest BCUT2D eigenvalue weighted by molar-refractivity contribution is 5.99. The van der Waals surface area contributed by atoms with Gasteiger partial charge in [-0.3, -0.25) is 9.63 Å². The normalized spacial score (nSPS) is 28.5. The third-order valence-corrected chi connectivity index (χ3v) is 7.35. The van der Waals surface area contributed by atoms with E-state index in [1.165, 1.54) is 38.9 Å². The summed E-state index contributed by atoms with van der Waals surface area (Å²) in [4.78, 5) is 25.1. The number of aromatic nitrogens is 1. The Labute approximate surface area is 176 Å². The van der Waals surface area contributed by atoms with Crippen LogP contribution in [-0.2, 0) is 16.1 Å². The van der Waals surface area contributed by atoms with Gasteiger partial charge in [0.2, 0.25) is 5.91 Å². The molecule has 154 valence electrons. The summed E-state index contributed by atoms with van der Waals surface area (Å²) in [5.41, 5.74) is 7.56. The molecule has 2 saturated heterocycles. The maximum Gasteiger partial charge on any atom is 0.230 e. The van der Waals surface area contributed by atoms with Crippen LogP contribution in [0.1, 0.15) is 36.2 Å². The van der Waals surface area contributed by atoms with E-state index in [4.69, 9.17) is 4.84 Å². The van der Waals surface area contributed by atoms with E-state index < -0.39 is 0 Å². The lowest BCUT2D eigenvalue weighted by Crippen LogP contribution is -2.54. The molecule has 0 unspecified atom stereocenters. The number of nitrogens with one attached hydrogen (secondary N) is 1. The Balaban J connectivity index is 1.49. The monoisotopic (exact) mass is 401 g/mol. The van der Waals surface area contributed by atoms with E-state index in [0.717, 1.165) is 19.4 Å². The van der Waals surface area contributed by atoms with Gasteiger partial charge in [0, 0.05) is 30.2 Å². The van der Waals surface area contributed by atoms with Crippen LogP contribution in [0.2, 0.25) is 0 Å². The van der Waals surface area contributed by atoms with Crippen molar-refractivity contribution in [2.75, 3.05) is 13.6 Å².